The Bertz CT molecular complexity index is 1130. The Balaban J connectivity index is -0.000000129. The Morgan fingerprint density at radius 1 is 0.239 bits per heavy atom. The summed E-state index contributed by atoms with van der Waals surface area (Å²) in [5.41, 5.74) is 4.05. The molecule has 2 aliphatic carbocycles. The first-order valence-electron chi connectivity index (χ1n) is 14.1. The van der Waals surface area contributed by atoms with Crippen molar-refractivity contribution in [2.75, 3.05) is 0 Å². The van der Waals surface area contributed by atoms with Crippen molar-refractivity contribution in [1.29, 1.82) is 0 Å². The van der Waals surface area contributed by atoms with Gasteiger partial charge in [-0.1, -0.05) is 197 Å². The molecule has 0 atom stereocenters. The lowest BCUT2D eigenvalue weighted by molar-refractivity contribution is 0.0979. The lowest BCUT2D eigenvalue weighted by atomic mass is 9.84. The van der Waals surface area contributed by atoms with Gasteiger partial charge in [0.1, 0.15) is 0 Å². The van der Waals surface area contributed by atoms with Crippen LogP contribution in [0, 0.1) is 0 Å². The Morgan fingerprint density at radius 3 is 0.413 bits per heavy atom. The molecule has 0 saturated heterocycles. The van der Waals surface area contributed by atoms with Crippen LogP contribution in [-0.2, 0) is 0 Å². The van der Waals surface area contributed by atoms with E-state index in [1.54, 1.807) is 97.1 Å². The Morgan fingerprint density at radius 2 is 0.326 bits per heavy atom. The van der Waals surface area contributed by atoms with E-state index in [0.717, 1.165) is 0 Å². The van der Waals surface area contributed by atoms with Crippen molar-refractivity contribution < 1.29 is 19.2 Å². The van der Waals surface area contributed by atoms with E-state index in [2.05, 4.69) is 0 Å². The van der Waals surface area contributed by atoms with E-state index in [1.807, 2.05) is 55.4 Å². The molecule has 4 aromatic carbocycles. The van der Waals surface area contributed by atoms with Gasteiger partial charge in [-0.15, -0.1) is 0 Å². The van der Waals surface area contributed by atoms with Gasteiger partial charge < -0.3 is 0 Å². The minimum atomic E-state index is -0.0641. The second kappa shape index (κ2) is 28.1. The third-order valence-electron chi connectivity index (χ3n) is 5.67. The minimum Gasteiger partial charge on any atom is -0.289 e. The van der Waals surface area contributed by atoms with Crippen LogP contribution in [0.5, 0.6) is 0 Å². The number of rotatable bonds is 0. The van der Waals surface area contributed by atoms with Crippen molar-refractivity contribution in [3.8, 4) is 0 Å². The molecule has 0 heterocycles. The van der Waals surface area contributed by atoms with Gasteiger partial charge in [0, 0.05) is 44.5 Å². The average Bonchev–Trinajstić information content (AvgIpc) is 3.06. The molecule has 0 N–H and O–H groups in total. The standard InChI is InChI=1S/2C14H8O2.4C2H6.6CH4/c2*15-13-9-5-1-2-6-10(9)14(16)12-8-4-3-7-11(12)13;4*1-2;;;;;;/h2*1-8H;4*1-2H3;6*1H4. The Labute approximate surface area is 283 Å². The number of carbonyl (C=O) groups is 4. The molecule has 0 aliphatic heterocycles. The Kier molecular flexibility index (Phi) is 33.0. The van der Waals surface area contributed by atoms with Crippen LogP contribution in [0.1, 0.15) is 164 Å². The molecular formula is C42H64O4. The highest BCUT2D eigenvalue weighted by Gasteiger charge is 2.29. The molecular weight excluding hydrogens is 568 g/mol. The van der Waals surface area contributed by atoms with Crippen LogP contribution >= 0.6 is 0 Å². The van der Waals surface area contributed by atoms with Crippen LogP contribution in [-0.4, -0.2) is 23.1 Å². The summed E-state index contributed by atoms with van der Waals surface area (Å²) in [6, 6.07) is 27.8. The first-order valence-corrected chi connectivity index (χ1v) is 14.1. The molecule has 0 bridgehead atoms. The molecule has 0 unspecified atom stereocenters. The Hall–Kier alpha value is -4.44. The molecule has 4 heteroatoms. The molecule has 2 aliphatic rings. The average molecular weight is 633 g/mol. The smallest absolute Gasteiger partial charge is 0.194 e. The van der Waals surface area contributed by atoms with Crippen LogP contribution < -0.4 is 0 Å². The van der Waals surface area contributed by atoms with Gasteiger partial charge in [-0.05, 0) is 0 Å². The maximum absolute atomic E-state index is 12.1. The third-order valence-corrected chi connectivity index (χ3v) is 5.67. The number of benzene rings is 4. The van der Waals surface area contributed by atoms with Gasteiger partial charge in [-0.25, -0.2) is 0 Å². The zero-order valence-corrected chi connectivity index (χ0v) is 24.9. The van der Waals surface area contributed by atoms with Crippen LogP contribution in [0.25, 0.3) is 0 Å². The molecule has 256 valence electrons. The quantitative estimate of drug-likeness (QED) is 0.167. The SMILES string of the molecule is C.C.C.C.C.C.CC.CC.CC.CC.O=C1c2ccccc2C(=O)c2ccccc21.O=C1c2ccccc2C(=O)c2ccccc21. The van der Waals surface area contributed by atoms with Gasteiger partial charge in [0.05, 0.1) is 0 Å². The topological polar surface area (TPSA) is 68.3 Å². The van der Waals surface area contributed by atoms with E-state index < -0.39 is 0 Å². The fraction of sp³-hybridized carbons (Fsp3) is 0.333. The number of ketones is 4. The van der Waals surface area contributed by atoms with Crippen molar-refractivity contribution in [2.45, 2.75) is 99.9 Å². The van der Waals surface area contributed by atoms with E-state index >= 15 is 0 Å². The summed E-state index contributed by atoms with van der Waals surface area (Å²) in [5.74, 6) is -0.256. The van der Waals surface area contributed by atoms with Gasteiger partial charge in [0.25, 0.3) is 0 Å². The molecule has 4 aromatic rings. The predicted molar refractivity (Wildman–Crippen MR) is 205 cm³/mol. The molecule has 0 fully saturated rings. The van der Waals surface area contributed by atoms with Crippen molar-refractivity contribution in [3.63, 3.8) is 0 Å². The highest BCUT2D eigenvalue weighted by molar-refractivity contribution is 6.29. The van der Waals surface area contributed by atoms with Gasteiger partial charge in [0.2, 0.25) is 0 Å². The van der Waals surface area contributed by atoms with Gasteiger partial charge in [-0.3, -0.25) is 19.2 Å². The highest BCUT2D eigenvalue weighted by atomic mass is 16.1. The minimum absolute atomic E-state index is 0. The van der Waals surface area contributed by atoms with E-state index in [4.69, 9.17) is 0 Å². The fourth-order valence-electron chi connectivity index (χ4n) is 4.10. The van der Waals surface area contributed by atoms with Crippen molar-refractivity contribution in [1.82, 2.24) is 0 Å². The van der Waals surface area contributed by atoms with Crippen LogP contribution in [0.4, 0.5) is 0 Å². The van der Waals surface area contributed by atoms with Gasteiger partial charge >= 0.3 is 0 Å². The second-order valence-electron chi connectivity index (χ2n) is 7.50. The summed E-state index contributed by atoms with van der Waals surface area (Å²) >= 11 is 0. The zero-order chi connectivity index (χ0) is 30.2. The van der Waals surface area contributed by atoms with Gasteiger partial charge in [-0.2, -0.15) is 0 Å². The lowest BCUT2D eigenvalue weighted by Gasteiger charge is -2.16. The van der Waals surface area contributed by atoms with Crippen LogP contribution in [0.3, 0.4) is 0 Å². The molecule has 0 saturated carbocycles. The zero-order valence-electron chi connectivity index (χ0n) is 24.9. The van der Waals surface area contributed by atoms with E-state index in [-0.39, 0.29) is 67.7 Å². The maximum atomic E-state index is 12.1. The van der Waals surface area contributed by atoms with Crippen molar-refractivity contribution in [2.24, 2.45) is 0 Å². The van der Waals surface area contributed by atoms with Crippen molar-refractivity contribution in [3.05, 3.63) is 142 Å². The number of hydrogen-bond donors (Lipinski definition) is 0. The molecule has 0 spiro atoms. The molecule has 4 nitrogen and oxygen atoms in total. The maximum Gasteiger partial charge on any atom is 0.194 e. The number of hydrogen-bond acceptors (Lipinski definition) is 4. The van der Waals surface area contributed by atoms with Crippen LogP contribution in [0.15, 0.2) is 97.1 Å². The second-order valence-corrected chi connectivity index (χ2v) is 7.50. The van der Waals surface area contributed by atoms with Crippen molar-refractivity contribution >= 4 is 23.1 Å². The summed E-state index contributed by atoms with van der Waals surface area (Å²) in [4.78, 5) is 48.4. The van der Waals surface area contributed by atoms with Crippen LogP contribution in [0.2, 0.25) is 0 Å². The molecule has 0 aromatic heterocycles. The molecule has 46 heavy (non-hydrogen) atoms. The fourth-order valence-corrected chi connectivity index (χ4v) is 4.10. The number of carbonyl (C=O) groups excluding carboxylic acids is 4. The normalized spacial score (nSPS) is 9.74. The predicted octanol–water partition coefficient (Wildman–Crippen LogP) is 12.8. The molecule has 6 rings (SSSR count). The number of fused-ring (bicyclic) bond motifs is 4. The summed E-state index contributed by atoms with van der Waals surface area (Å²) < 4.78 is 0. The highest BCUT2D eigenvalue weighted by Crippen LogP contribution is 2.27. The first-order chi connectivity index (χ1) is 19.6. The largest absolute Gasteiger partial charge is 0.289 e. The summed E-state index contributed by atoms with van der Waals surface area (Å²) in [6.45, 7) is 16.0. The van der Waals surface area contributed by atoms with E-state index in [9.17, 15) is 19.2 Å². The molecule has 0 amide bonds. The lowest BCUT2D eigenvalue weighted by Crippen LogP contribution is -2.20. The monoisotopic (exact) mass is 632 g/mol. The summed E-state index contributed by atoms with van der Waals surface area (Å²) in [7, 11) is 0. The van der Waals surface area contributed by atoms with E-state index in [1.165, 1.54) is 0 Å². The van der Waals surface area contributed by atoms with E-state index in [0.29, 0.717) is 44.5 Å². The van der Waals surface area contributed by atoms with Gasteiger partial charge in [0.15, 0.2) is 23.1 Å². The summed E-state index contributed by atoms with van der Waals surface area (Å²) in [5, 5.41) is 0. The first kappa shape index (κ1) is 54.1. The molecule has 0 radical (unpaired) electrons. The third kappa shape index (κ3) is 11.5. The summed E-state index contributed by atoms with van der Waals surface area (Å²) in [6.07, 6.45) is 0.